The van der Waals surface area contributed by atoms with Gasteiger partial charge in [0.25, 0.3) is 5.91 Å². The Morgan fingerprint density at radius 1 is 0.938 bits per heavy atom. The first-order valence-electron chi connectivity index (χ1n) is 10.6. The largest absolute Gasteiger partial charge is 0.478 e. The summed E-state index contributed by atoms with van der Waals surface area (Å²) >= 11 is 0. The van der Waals surface area contributed by atoms with Gasteiger partial charge in [-0.2, -0.15) is 0 Å². The van der Waals surface area contributed by atoms with Crippen LogP contribution < -0.4 is 10.6 Å². The van der Waals surface area contributed by atoms with E-state index < -0.39 is 11.9 Å². The molecular weight excluding hydrogens is 404 g/mol. The highest BCUT2D eigenvalue weighted by Gasteiger charge is 2.21. The van der Waals surface area contributed by atoms with Gasteiger partial charge in [-0.05, 0) is 72.4 Å². The lowest BCUT2D eigenvalue weighted by Gasteiger charge is -2.26. The van der Waals surface area contributed by atoms with E-state index in [1.807, 2.05) is 49.4 Å². The summed E-state index contributed by atoms with van der Waals surface area (Å²) in [4.78, 5) is 36.7. The van der Waals surface area contributed by atoms with Crippen molar-refractivity contribution >= 4 is 39.8 Å². The maximum atomic E-state index is 12.7. The van der Waals surface area contributed by atoms with Crippen LogP contribution in [0.15, 0.2) is 66.7 Å². The highest BCUT2D eigenvalue weighted by atomic mass is 16.4. The molecule has 0 bridgehead atoms. The first kappa shape index (κ1) is 21.3. The summed E-state index contributed by atoms with van der Waals surface area (Å²) in [5, 5.41) is 17.2. The molecule has 1 aliphatic carbocycles. The first-order valence-corrected chi connectivity index (χ1v) is 10.6. The van der Waals surface area contributed by atoms with Crippen molar-refractivity contribution in [2.75, 3.05) is 5.32 Å². The quantitative estimate of drug-likeness (QED) is 0.489. The SMILES string of the molecule is C/C(=C/C(=O)Nc1cc(C(=O)NC2CCC2)ccc1C(=O)O)c1ccc2ccccc2c1. The minimum Gasteiger partial charge on any atom is -0.478 e. The average molecular weight is 428 g/mol. The van der Waals surface area contributed by atoms with Gasteiger partial charge in [-0.3, -0.25) is 9.59 Å². The highest BCUT2D eigenvalue weighted by Crippen LogP contribution is 2.23. The van der Waals surface area contributed by atoms with Crippen LogP contribution in [0.1, 0.15) is 52.5 Å². The van der Waals surface area contributed by atoms with E-state index in [2.05, 4.69) is 10.6 Å². The minimum absolute atomic E-state index is 0.0738. The van der Waals surface area contributed by atoms with Gasteiger partial charge in [-0.1, -0.05) is 36.4 Å². The van der Waals surface area contributed by atoms with E-state index in [0.717, 1.165) is 41.2 Å². The number of carboxylic acid groups (broad SMARTS) is 1. The fourth-order valence-corrected chi connectivity index (χ4v) is 3.68. The van der Waals surface area contributed by atoms with Crippen LogP contribution in [-0.2, 0) is 4.79 Å². The second-order valence-electron chi connectivity index (χ2n) is 8.05. The number of amides is 2. The van der Waals surface area contributed by atoms with E-state index >= 15 is 0 Å². The predicted molar refractivity (Wildman–Crippen MR) is 125 cm³/mol. The summed E-state index contributed by atoms with van der Waals surface area (Å²) in [6.45, 7) is 1.82. The molecule has 6 nitrogen and oxygen atoms in total. The molecule has 0 aromatic heterocycles. The third kappa shape index (κ3) is 4.70. The minimum atomic E-state index is -1.18. The van der Waals surface area contributed by atoms with Gasteiger partial charge in [0.05, 0.1) is 11.3 Å². The van der Waals surface area contributed by atoms with Crippen molar-refractivity contribution in [3.63, 3.8) is 0 Å². The number of hydrogen-bond donors (Lipinski definition) is 3. The molecule has 0 saturated heterocycles. The number of carbonyl (C=O) groups excluding carboxylic acids is 2. The number of aromatic carboxylic acids is 1. The van der Waals surface area contributed by atoms with Crippen molar-refractivity contribution in [3.05, 3.63) is 83.4 Å². The van der Waals surface area contributed by atoms with Crippen LogP contribution in [-0.4, -0.2) is 28.9 Å². The number of carbonyl (C=O) groups is 3. The topological polar surface area (TPSA) is 95.5 Å². The van der Waals surface area contributed by atoms with E-state index in [1.165, 1.54) is 24.3 Å². The van der Waals surface area contributed by atoms with E-state index in [9.17, 15) is 19.5 Å². The molecule has 162 valence electrons. The maximum Gasteiger partial charge on any atom is 0.337 e. The third-order valence-electron chi connectivity index (χ3n) is 5.76. The number of allylic oxidation sites excluding steroid dienone is 1. The Bertz CT molecular complexity index is 1240. The van der Waals surface area contributed by atoms with Crippen molar-refractivity contribution in [1.82, 2.24) is 5.32 Å². The Kier molecular flexibility index (Phi) is 6.03. The normalized spacial score (nSPS) is 14.0. The second-order valence-corrected chi connectivity index (χ2v) is 8.05. The lowest BCUT2D eigenvalue weighted by Crippen LogP contribution is -2.39. The van der Waals surface area contributed by atoms with E-state index in [-0.39, 0.29) is 23.2 Å². The fourth-order valence-electron chi connectivity index (χ4n) is 3.68. The molecule has 3 aromatic carbocycles. The number of carboxylic acids is 1. The molecule has 0 heterocycles. The van der Waals surface area contributed by atoms with Crippen LogP contribution in [0.4, 0.5) is 5.69 Å². The molecule has 3 N–H and O–H groups in total. The number of fused-ring (bicyclic) bond motifs is 1. The van der Waals surface area contributed by atoms with Crippen molar-refractivity contribution < 1.29 is 19.5 Å². The van der Waals surface area contributed by atoms with Gasteiger partial charge in [0.2, 0.25) is 5.91 Å². The van der Waals surface area contributed by atoms with Crippen LogP contribution in [0.5, 0.6) is 0 Å². The number of rotatable bonds is 6. The lowest BCUT2D eigenvalue weighted by molar-refractivity contribution is -0.111. The number of nitrogens with one attached hydrogen (secondary N) is 2. The van der Waals surface area contributed by atoms with Gasteiger partial charge in [0.1, 0.15) is 0 Å². The van der Waals surface area contributed by atoms with E-state index in [4.69, 9.17) is 0 Å². The second kappa shape index (κ2) is 9.06. The van der Waals surface area contributed by atoms with Crippen molar-refractivity contribution in [3.8, 4) is 0 Å². The Labute approximate surface area is 186 Å². The maximum absolute atomic E-state index is 12.7. The predicted octanol–water partition coefficient (Wildman–Crippen LogP) is 4.86. The zero-order chi connectivity index (χ0) is 22.7. The fraction of sp³-hybridized carbons (Fsp3) is 0.192. The average Bonchev–Trinajstić information content (AvgIpc) is 2.75. The Morgan fingerprint density at radius 3 is 2.34 bits per heavy atom. The Hall–Kier alpha value is -3.93. The van der Waals surface area contributed by atoms with Crippen LogP contribution in [0.2, 0.25) is 0 Å². The molecule has 0 atom stereocenters. The smallest absolute Gasteiger partial charge is 0.337 e. The number of anilines is 1. The lowest BCUT2D eigenvalue weighted by atomic mass is 9.93. The molecular formula is C26H24N2O4. The van der Waals surface area contributed by atoms with E-state index in [0.29, 0.717) is 5.56 Å². The molecule has 32 heavy (non-hydrogen) atoms. The molecule has 0 aliphatic heterocycles. The molecule has 0 unspecified atom stereocenters. The molecule has 1 aliphatic rings. The molecule has 0 spiro atoms. The van der Waals surface area contributed by atoms with Crippen molar-refractivity contribution in [1.29, 1.82) is 0 Å². The van der Waals surface area contributed by atoms with E-state index in [1.54, 1.807) is 0 Å². The molecule has 3 aromatic rings. The molecule has 1 fully saturated rings. The monoisotopic (exact) mass is 428 g/mol. The van der Waals surface area contributed by atoms with Crippen LogP contribution in [0.3, 0.4) is 0 Å². The third-order valence-corrected chi connectivity index (χ3v) is 5.76. The van der Waals surface area contributed by atoms with Crippen molar-refractivity contribution in [2.45, 2.75) is 32.2 Å². The van der Waals surface area contributed by atoms with Gasteiger partial charge >= 0.3 is 5.97 Å². The molecule has 4 rings (SSSR count). The van der Waals surface area contributed by atoms with Crippen LogP contribution in [0.25, 0.3) is 16.3 Å². The van der Waals surface area contributed by atoms with Crippen molar-refractivity contribution in [2.24, 2.45) is 0 Å². The summed E-state index contributed by atoms with van der Waals surface area (Å²) in [5.41, 5.74) is 1.96. The summed E-state index contributed by atoms with van der Waals surface area (Å²) in [5.74, 6) is -1.92. The summed E-state index contributed by atoms with van der Waals surface area (Å²) in [6, 6.07) is 18.3. The number of hydrogen-bond acceptors (Lipinski definition) is 3. The highest BCUT2D eigenvalue weighted by molar-refractivity contribution is 6.08. The molecule has 1 saturated carbocycles. The summed E-state index contributed by atoms with van der Waals surface area (Å²) in [6.07, 6.45) is 4.41. The zero-order valence-electron chi connectivity index (χ0n) is 17.7. The van der Waals surface area contributed by atoms with Gasteiger partial charge in [0.15, 0.2) is 0 Å². The number of benzene rings is 3. The summed E-state index contributed by atoms with van der Waals surface area (Å²) < 4.78 is 0. The molecule has 0 radical (unpaired) electrons. The van der Waals surface area contributed by atoms with Gasteiger partial charge in [-0.25, -0.2) is 4.79 Å². The standard InChI is InChI=1S/C26H24N2O4/c1-16(18-10-9-17-5-2-3-6-19(17)14-18)13-24(29)28-23-15-20(11-12-22(23)26(31)32)25(30)27-21-7-4-8-21/h2-3,5-6,9-15,21H,4,7-8H2,1H3,(H,27,30)(H,28,29)(H,31,32)/b16-13-. The molecule has 2 amide bonds. The van der Waals surface area contributed by atoms with Crippen LogP contribution >= 0.6 is 0 Å². The van der Waals surface area contributed by atoms with Gasteiger partial charge in [-0.15, -0.1) is 0 Å². The Morgan fingerprint density at radius 2 is 1.66 bits per heavy atom. The van der Waals surface area contributed by atoms with Crippen LogP contribution in [0, 0.1) is 0 Å². The first-order chi connectivity index (χ1) is 15.4. The molecule has 6 heteroatoms. The summed E-state index contributed by atoms with van der Waals surface area (Å²) in [7, 11) is 0. The zero-order valence-corrected chi connectivity index (χ0v) is 17.7. The Balaban J connectivity index is 1.55. The van der Waals surface area contributed by atoms with Gasteiger partial charge in [0, 0.05) is 17.7 Å². The van der Waals surface area contributed by atoms with Gasteiger partial charge < -0.3 is 15.7 Å².